The third kappa shape index (κ3) is 3.47. The van der Waals surface area contributed by atoms with Crippen molar-refractivity contribution < 1.29 is 14.6 Å². The van der Waals surface area contributed by atoms with Crippen molar-refractivity contribution in [1.82, 2.24) is 4.98 Å². The summed E-state index contributed by atoms with van der Waals surface area (Å²) in [5, 5.41) is 22.3. The number of azide groups is 1. The predicted molar refractivity (Wildman–Crippen MR) is 53.8 cm³/mol. The van der Waals surface area contributed by atoms with E-state index in [0.717, 1.165) is 12.1 Å². The molecule has 0 aliphatic rings. The second kappa shape index (κ2) is 6.02. The van der Waals surface area contributed by atoms with Gasteiger partial charge < -0.3 is 10.2 Å². The number of rotatable bonds is 5. The van der Waals surface area contributed by atoms with E-state index in [1.165, 1.54) is 6.20 Å². The Hall–Kier alpha value is -1.69. The minimum absolute atomic E-state index is 0.0495. The van der Waals surface area contributed by atoms with Gasteiger partial charge in [0.15, 0.2) is 0 Å². The van der Waals surface area contributed by atoms with Crippen molar-refractivity contribution in [1.29, 1.82) is 0 Å². The number of nitrogens with zero attached hydrogens (tertiary/aromatic N) is 4. The lowest BCUT2D eigenvalue weighted by Crippen LogP contribution is -2.20. The molecule has 0 aliphatic carbocycles. The molecular weight excluding hydrogens is 215 g/mol. The molecule has 0 amide bonds. The van der Waals surface area contributed by atoms with E-state index < -0.39 is 18.0 Å². The number of hydrogen-bond acceptors (Lipinski definition) is 4. The van der Waals surface area contributed by atoms with Gasteiger partial charge in [-0.3, -0.25) is 4.98 Å². The average molecular weight is 226 g/mol. The van der Waals surface area contributed by atoms with Gasteiger partial charge in [0.05, 0.1) is 11.8 Å². The molecule has 1 heterocycles. The van der Waals surface area contributed by atoms with E-state index in [1.807, 2.05) is 0 Å². The largest absolute Gasteiger partial charge is 0.390 e. The monoisotopic (exact) mass is 226 g/mol. The molecule has 0 spiro atoms. The summed E-state index contributed by atoms with van der Waals surface area (Å²) in [4.78, 5) is 6.25. The zero-order valence-electron chi connectivity index (χ0n) is 8.36. The van der Waals surface area contributed by atoms with Crippen molar-refractivity contribution in [3.8, 4) is 0 Å². The first-order valence-corrected chi connectivity index (χ1v) is 4.63. The van der Waals surface area contributed by atoms with Gasteiger partial charge in [0, 0.05) is 17.7 Å². The van der Waals surface area contributed by atoms with Crippen LogP contribution >= 0.6 is 0 Å². The van der Waals surface area contributed by atoms with E-state index in [9.17, 15) is 14.6 Å². The quantitative estimate of drug-likeness (QED) is 0.449. The first kappa shape index (κ1) is 12.4. The Labute approximate surface area is 91.0 Å². The Morgan fingerprint density at radius 2 is 2.31 bits per heavy atom. The summed E-state index contributed by atoms with van der Waals surface area (Å²) < 4.78 is 12.8. The van der Waals surface area contributed by atoms with E-state index >= 15 is 0 Å². The standard InChI is InChI=1S/C9H11FN4O2/c10-6-1-3-12-7(5-6)9(16)8(15)2-4-13-14-11/h1,3,5,8-9,15-16H,2,4H2. The molecular formula is C9H11FN4O2. The molecule has 16 heavy (non-hydrogen) atoms. The van der Waals surface area contributed by atoms with Crippen LogP contribution in [0.3, 0.4) is 0 Å². The molecule has 86 valence electrons. The second-order valence-corrected chi connectivity index (χ2v) is 3.15. The van der Waals surface area contributed by atoms with Gasteiger partial charge in [-0.15, -0.1) is 0 Å². The van der Waals surface area contributed by atoms with Crippen LogP contribution in [0.2, 0.25) is 0 Å². The highest BCUT2D eigenvalue weighted by Gasteiger charge is 2.19. The number of pyridine rings is 1. The highest BCUT2D eigenvalue weighted by molar-refractivity contribution is 5.09. The van der Waals surface area contributed by atoms with Gasteiger partial charge >= 0.3 is 0 Å². The number of aliphatic hydroxyl groups excluding tert-OH is 2. The van der Waals surface area contributed by atoms with Crippen molar-refractivity contribution >= 4 is 0 Å². The van der Waals surface area contributed by atoms with Crippen molar-refractivity contribution in [2.45, 2.75) is 18.6 Å². The van der Waals surface area contributed by atoms with Crippen LogP contribution < -0.4 is 0 Å². The van der Waals surface area contributed by atoms with Gasteiger partial charge in [0.1, 0.15) is 11.9 Å². The zero-order chi connectivity index (χ0) is 12.0. The molecule has 2 unspecified atom stereocenters. The lowest BCUT2D eigenvalue weighted by atomic mass is 10.1. The summed E-state index contributed by atoms with van der Waals surface area (Å²) in [5.41, 5.74) is 8.07. The SMILES string of the molecule is [N-]=[N+]=NCCC(O)C(O)c1cc(F)ccn1. The predicted octanol–water partition coefficient (Wildman–Crippen LogP) is 1.32. The summed E-state index contributed by atoms with van der Waals surface area (Å²) in [6.45, 7) is 0.0596. The maximum atomic E-state index is 12.8. The van der Waals surface area contributed by atoms with Crippen LogP contribution in [0.15, 0.2) is 23.4 Å². The summed E-state index contributed by atoms with van der Waals surface area (Å²) in [7, 11) is 0. The summed E-state index contributed by atoms with van der Waals surface area (Å²) in [6.07, 6.45) is -1.14. The van der Waals surface area contributed by atoms with Gasteiger partial charge in [0.25, 0.3) is 0 Å². The average Bonchev–Trinajstić information content (AvgIpc) is 2.28. The summed E-state index contributed by atoms with van der Waals surface area (Å²) in [5.74, 6) is -0.536. The third-order valence-electron chi connectivity index (χ3n) is 2.00. The maximum absolute atomic E-state index is 12.8. The lowest BCUT2D eigenvalue weighted by molar-refractivity contribution is 0.0123. The first-order chi connectivity index (χ1) is 7.65. The number of halogens is 1. The van der Waals surface area contributed by atoms with Gasteiger partial charge in [-0.25, -0.2) is 4.39 Å². The Kier molecular flexibility index (Phi) is 4.65. The molecule has 6 nitrogen and oxygen atoms in total. The van der Waals surface area contributed by atoms with E-state index in [4.69, 9.17) is 5.53 Å². The van der Waals surface area contributed by atoms with E-state index in [1.54, 1.807) is 0 Å². The molecule has 0 saturated heterocycles. The smallest absolute Gasteiger partial charge is 0.126 e. The van der Waals surface area contributed by atoms with Crippen LogP contribution in [0.1, 0.15) is 18.2 Å². The van der Waals surface area contributed by atoms with Crippen LogP contribution in [-0.4, -0.2) is 27.8 Å². The Morgan fingerprint density at radius 1 is 1.56 bits per heavy atom. The molecule has 7 heteroatoms. The molecule has 1 aromatic rings. The van der Waals surface area contributed by atoms with E-state index in [2.05, 4.69) is 15.0 Å². The molecule has 0 aromatic carbocycles. The number of hydrogen-bond donors (Lipinski definition) is 2. The minimum atomic E-state index is -1.29. The van der Waals surface area contributed by atoms with Gasteiger partial charge in [-0.2, -0.15) is 0 Å². The first-order valence-electron chi connectivity index (χ1n) is 4.63. The molecule has 0 radical (unpaired) electrons. The minimum Gasteiger partial charge on any atom is -0.390 e. The third-order valence-corrected chi connectivity index (χ3v) is 2.00. The van der Waals surface area contributed by atoms with Crippen LogP contribution in [0, 0.1) is 5.82 Å². The molecule has 1 rings (SSSR count). The Morgan fingerprint density at radius 3 is 2.94 bits per heavy atom. The Bertz CT molecular complexity index is 395. The summed E-state index contributed by atoms with van der Waals surface area (Å²) in [6, 6.07) is 2.18. The lowest BCUT2D eigenvalue weighted by Gasteiger charge is -2.16. The molecule has 0 fully saturated rings. The fourth-order valence-electron chi connectivity index (χ4n) is 1.17. The van der Waals surface area contributed by atoms with Crippen LogP contribution in [-0.2, 0) is 0 Å². The zero-order valence-corrected chi connectivity index (χ0v) is 8.36. The van der Waals surface area contributed by atoms with Gasteiger partial charge in [-0.05, 0) is 24.1 Å². The van der Waals surface area contributed by atoms with Crippen LogP contribution in [0.4, 0.5) is 4.39 Å². The molecule has 0 saturated carbocycles. The molecule has 1 aromatic heterocycles. The van der Waals surface area contributed by atoms with Crippen LogP contribution in [0.25, 0.3) is 10.4 Å². The van der Waals surface area contributed by atoms with Gasteiger partial charge in [0.2, 0.25) is 0 Å². The normalized spacial score (nSPS) is 13.9. The number of aromatic nitrogens is 1. The highest BCUT2D eigenvalue weighted by atomic mass is 19.1. The molecule has 2 N–H and O–H groups in total. The van der Waals surface area contributed by atoms with Crippen molar-refractivity contribution in [3.63, 3.8) is 0 Å². The molecule has 0 bridgehead atoms. The second-order valence-electron chi connectivity index (χ2n) is 3.15. The maximum Gasteiger partial charge on any atom is 0.126 e. The van der Waals surface area contributed by atoms with Crippen LogP contribution in [0.5, 0.6) is 0 Å². The highest BCUT2D eigenvalue weighted by Crippen LogP contribution is 2.17. The Balaban J connectivity index is 2.62. The van der Waals surface area contributed by atoms with E-state index in [-0.39, 0.29) is 18.7 Å². The summed E-state index contributed by atoms with van der Waals surface area (Å²) >= 11 is 0. The molecule has 0 aliphatic heterocycles. The molecule has 2 atom stereocenters. The van der Waals surface area contributed by atoms with Crippen molar-refractivity contribution in [2.75, 3.05) is 6.54 Å². The van der Waals surface area contributed by atoms with Gasteiger partial charge in [-0.1, -0.05) is 5.11 Å². The number of aliphatic hydroxyl groups is 2. The van der Waals surface area contributed by atoms with Crippen molar-refractivity contribution in [2.24, 2.45) is 5.11 Å². The fraction of sp³-hybridized carbons (Fsp3) is 0.444. The van der Waals surface area contributed by atoms with E-state index in [0.29, 0.717) is 0 Å². The topological polar surface area (TPSA) is 102 Å². The van der Waals surface area contributed by atoms with Crippen molar-refractivity contribution in [3.05, 3.63) is 40.3 Å². The fourth-order valence-corrected chi connectivity index (χ4v) is 1.17.